The van der Waals surface area contributed by atoms with E-state index in [0.717, 1.165) is 27.7 Å². The van der Waals surface area contributed by atoms with Gasteiger partial charge in [-0.25, -0.2) is 4.98 Å². The second kappa shape index (κ2) is 9.39. The summed E-state index contributed by atoms with van der Waals surface area (Å²) in [6.07, 6.45) is 0. The fraction of sp³-hybridized carbons (Fsp3) is 0. The van der Waals surface area contributed by atoms with E-state index in [2.05, 4.69) is 150 Å². The second-order valence-corrected chi connectivity index (χ2v) is 12.6. The van der Waals surface area contributed by atoms with Gasteiger partial charge in [0.05, 0.1) is 11.0 Å². The third-order valence-electron chi connectivity index (χ3n) is 9.03. The highest BCUT2D eigenvalue weighted by atomic mass is 32.1. The number of rotatable bonds is 3. The molecule has 0 atom stereocenters. The molecule has 3 aromatic heterocycles. The smallest absolute Gasteiger partial charge is 0.227 e. The molecule has 0 aliphatic rings. The summed E-state index contributed by atoms with van der Waals surface area (Å²) in [5.41, 5.74) is 8.63. The van der Waals surface area contributed by atoms with E-state index in [4.69, 9.17) is 9.40 Å². The monoisotopic (exact) mass is 592 g/mol. The van der Waals surface area contributed by atoms with Crippen molar-refractivity contribution < 1.29 is 4.42 Å². The van der Waals surface area contributed by atoms with Gasteiger partial charge in [-0.1, -0.05) is 91.0 Å². The summed E-state index contributed by atoms with van der Waals surface area (Å²) in [5, 5.41) is 7.42. The average Bonchev–Trinajstić information content (AvgIpc) is 3.80. The highest BCUT2D eigenvalue weighted by molar-refractivity contribution is 7.26. The topological polar surface area (TPSA) is 31.0 Å². The first kappa shape index (κ1) is 24.7. The number of nitrogens with zero attached hydrogens (tertiary/aromatic N) is 2. The third kappa shape index (κ3) is 3.67. The first-order valence-corrected chi connectivity index (χ1v) is 15.9. The molecule has 210 valence electrons. The number of para-hydroxylation sites is 1. The van der Waals surface area contributed by atoms with Crippen LogP contribution in [-0.4, -0.2) is 9.55 Å². The molecule has 0 saturated heterocycles. The molecule has 3 heterocycles. The number of hydrogen-bond acceptors (Lipinski definition) is 3. The molecular formula is C41H24N2OS. The zero-order chi connectivity index (χ0) is 29.5. The van der Waals surface area contributed by atoms with E-state index in [1.54, 1.807) is 11.3 Å². The van der Waals surface area contributed by atoms with Crippen LogP contribution in [0.1, 0.15) is 0 Å². The number of benzene rings is 7. The number of thiophene rings is 1. The molecule has 0 bridgehead atoms. The summed E-state index contributed by atoms with van der Waals surface area (Å²) in [5.74, 6) is 0.637. The number of hydrogen-bond donors (Lipinski definition) is 0. The quantitative estimate of drug-likeness (QED) is 0.204. The lowest BCUT2D eigenvalue weighted by Crippen LogP contribution is -1.93. The van der Waals surface area contributed by atoms with Crippen molar-refractivity contribution in [1.29, 1.82) is 0 Å². The first-order valence-electron chi connectivity index (χ1n) is 15.1. The van der Waals surface area contributed by atoms with Gasteiger partial charge in [0.1, 0.15) is 5.52 Å². The van der Waals surface area contributed by atoms with Gasteiger partial charge in [-0.05, 0) is 76.5 Å². The van der Waals surface area contributed by atoms with Gasteiger partial charge in [0.25, 0.3) is 0 Å². The maximum atomic E-state index is 6.56. The van der Waals surface area contributed by atoms with Crippen molar-refractivity contribution in [2.45, 2.75) is 0 Å². The van der Waals surface area contributed by atoms with Crippen LogP contribution < -0.4 is 0 Å². The Labute approximate surface area is 262 Å². The van der Waals surface area contributed by atoms with Crippen molar-refractivity contribution in [3.05, 3.63) is 146 Å². The predicted octanol–water partition coefficient (Wildman–Crippen LogP) is 11.8. The molecule has 7 aromatic carbocycles. The van der Waals surface area contributed by atoms with E-state index in [-0.39, 0.29) is 0 Å². The molecule has 45 heavy (non-hydrogen) atoms. The fourth-order valence-electron chi connectivity index (χ4n) is 6.95. The van der Waals surface area contributed by atoms with Crippen LogP contribution in [0.25, 0.3) is 92.1 Å². The van der Waals surface area contributed by atoms with Crippen LogP contribution >= 0.6 is 11.3 Å². The van der Waals surface area contributed by atoms with Crippen molar-refractivity contribution in [2.75, 3.05) is 0 Å². The van der Waals surface area contributed by atoms with Gasteiger partial charge in [-0.2, -0.15) is 0 Å². The zero-order valence-corrected chi connectivity index (χ0v) is 24.9. The van der Waals surface area contributed by atoms with Crippen LogP contribution in [0.15, 0.2) is 150 Å². The minimum Gasteiger partial charge on any atom is -0.435 e. The van der Waals surface area contributed by atoms with E-state index in [1.165, 1.54) is 58.5 Å². The van der Waals surface area contributed by atoms with E-state index >= 15 is 0 Å². The lowest BCUT2D eigenvalue weighted by atomic mass is 10.0. The summed E-state index contributed by atoms with van der Waals surface area (Å²) in [4.78, 5) is 4.94. The van der Waals surface area contributed by atoms with Crippen LogP contribution in [0.2, 0.25) is 0 Å². The van der Waals surface area contributed by atoms with E-state index < -0.39 is 0 Å². The Hall–Kier alpha value is -5.71. The molecule has 0 fully saturated rings. The number of oxazole rings is 1. The molecule has 0 radical (unpaired) electrons. The Morgan fingerprint density at radius 1 is 0.511 bits per heavy atom. The molecule has 0 N–H and O–H groups in total. The third-order valence-corrected chi connectivity index (χ3v) is 10.1. The average molecular weight is 593 g/mol. The van der Waals surface area contributed by atoms with Gasteiger partial charge in [-0.3, -0.25) is 0 Å². The summed E-state index contributed by atoms with van der Waals surface area (Å²) in [6, 6.07) is 51.9. The van der Waals surface area contributed by atoms with Gasteiger partial charge in [0, 0.05) is 42.2 Å². The van der Waals surface area contributed by atoms with Crippen LogP contribution in [0.3, 0.4) is 0 Å². The number of fused-ring (bicyclic) bond motifs is 10. The first-order chi connectivity index (χ1) is 22.3. The Morgan fingerprint density at radius 3 is 2.18 bits per heavy atom. The summed E-state index contributed by atoms with van der Waals surface area (Å²) < 4.78 is 11.4. The van der Waals surface area contributed by atoms with Crippen molar-refractivity contribution in [3.63, 3.8) is 0 Å². The molecule has 0 aliphatic carbocycles. The van der Waals surface area contributed by atoms with Crippen LogP contribution in [0.5, 0.6) is 0 Å². The zero-order valence-electron chi connectivity index (χ0n) is 24.1. The Balaban J connectivity index is 1.09. The Kier molecular flexibility index (Phi) is 5.16. The molecule has 0 aliphatic heterocycles. The van der Waals surface area contributed by atoms with Gasteiger partial charge in [0.15, 0.2) is 5.58 Å². The normalized spacial score (nSPS) is 12.0. The summed E-state index contributed by atoms with van der Waals surface area (Å²) >= 11 is 1.80. The Morgan fingerprint density at radius 2 is 1.29 bits per heavy atom. The molecule has 10 rings (SSSR count). The standard InChI is InChI=1S/C41H24N2OS/c1-2-8-25(9-3-1)28-16-20-32-37(24-28)45-36-23-21-33-40(39(32)36)44-41(42-33)27-14-18-29(19-15-27)43-34-13-7-6-12-31(34)38-30-11-5-4-10-26(30)17-22-35(38)43/h1-24H. The van der Waals surface area contributed by atoms with Crippen molar-refractivity contribution in [1.82, 2.24) is 9.55 Å². The highest BCUT2D eigenvalue weighted by Crippen LogP contribution is 2.42. The minimum absolute atomic E-state index is 0.637. The molecule has 4 heteroatoms. The molecule has 0 spiro atoms. The number of aromatic nitrogens is 2. The van der Waals surface area contributed by atoms with Gasteiger partial charge in [-0.15, -0.1) is 11.3 Å². The lowest BCUT2D eigenvalue weighted by Gasteiger charge is -2.09. The molecule has 10 aromatic rings. The van der Waals surface area contributed by atoms with Crippen LogP contribution in [-0.2, 0) is 0 Å². The van der Waals surface area contributed by atoms with E-state index in [0.29, 0.717) is 5.89 Å². The Bertz CT molecular complexity index is 2750. The lowest BCUT2D eigenvalue weighted by molar-refractivity contribution is 0.623. The van der Waals surface area contributed by atoms with Crippen LogP contribution in [0.4, 0.5) is 0 Å². The molecule has 0 amide bonds. The molecule has 3 nitrogen and oxygen atoms in total. The maximum absolute atomic E-state index is 6.56. The molecular weight excluding hydrogens is 569 g/mol. The maximum Gasteiger partial charge on any atom is 0.227 e. The van der Waals surface area contributed by atoms with Crippen molar-refractivity contribution in [2.24, 2.45) is 0 Å². The second-order valence-electron chi connectivity index (χ2n) is 11.6. The van der Waals surface area contributed by atoms with Gasteiger partial charge in [0.2, 0.25) is 5.89 Å². The fourth-order valence-corrected chi connectivity index (χ4v) is 8.09. The summed E-state index contributed by atoms with van der Waals surface area (Å²) in [7, 11) is 0. The predicted molar refractivity (Wildman–Crippen MR) is 190 cm³/mol. The van der Waals surface area contributed by atoms with E-state index in [1.807, 2.05) is 0 Å². The van der Waals surface area contributed by atoms with Crippen molar-refractivity contribution in [3.8, 4) is 28.3 Å². The molecule has 0 unspecified atom stereocenters. The van der Waals surface area contributed by atoms with Crippen molar-refractivity contribution >= 4 is 75.2 Å². The van der Waals surface area contributed by atoms with Gasteiger partial charge >= 0.3 is 0 Å². The van der Waals surface area contributed by atoms with E-state index in [9.17, 15) is 0 Å². The highest BCUT2D eigenvalue weighted by Gasteiger charge is 2.18. The van der Waals surface area contributed by atoms with Gasteiger partial charge < -0.3 is 8.98 Å². The minimum atomic E-state index is 0.637. The molecule has 0 saturated carbocycles. The summed E-state index contributed by atoms with van der Waals surface area (Å²) in [6.45, 7) is 0. The SMILES string of the molecule is c1ccc(-c2ccc3c(c2)sc2ccc4nc(-c5ccc(-n6c7ccccc7c7c8ccccc8ccc76)cc5)oc4c23)cc1. The van der Waals surface area contributed by atoms with Crippen LogP contribution in [0, 0.1) is 0 Å². The largest absolute Gasteiger partial charge is 0.435 e.